The van der Waals surface area contributed by atoms with Crippen molar-refractivity contribution in [3.63, 3.8) is 0 Å². The minimum Gasteiger partial charge on any atom is -0.391 e. The topological polar surface area (TPSA) is 74.5 Å². The van der Waals surface area contributed by atoms with Crippen LogP contribution in [0.25, 0.3) is 5.65 Å². The molecule has 2 heterocycles. The highest BCUT2D eigenvalue weighted by atomic mass is 16.3. The fraction of sp³-hybridized carbons (Fsp3) is 0.571. The van der Waals surface area contributed by atoms with Crippen LogP contribution in [-0.2, 0) is 0 Å². The lowest BCUT2D eigenvalue weighted by Crippen LogP contribution is -2.42. The Morgan fingerprint density at radius 1 is 1.45 bits per heavy atom. The lowest BCUT2D eigenvalue weighted by Gasteiger charge is -2.30. The Bertz CT molecular complexity index is 576. The highest BCUT2D eigenvalue weighted by molar-refractivity contribution is 5.66. The molecule has 0 fully saturated rings. The Hall–Kier alpha value is -1.82. The monoisotopic (exact) mass is 277 g/mol. The molecule has 0 spiro atoms. The molecule has 110 valence electrons. The standard InChI is InChI=1S/C14H23N5O/c1-5-6-15-11-9-19-8-7-16-13(19)12(17-11)18-14(3,4)10(2)20/h7-10,15,20H,5-6H2,1-4H3,(H,17,18). The van der Waals surface area contributed by atoms with Gasteiger partial charge in [-0.05, 0) is 27.2 Å². The van der Waals surface area contributed by atoms with Gasteiger partial charge in [0.15, 0.2) is 11.5 Å². The largest absolute Gasteiger partial charge is 0.391 e. The summed E-state index contributed by atoms with van der Waals surface area (Å²) in [6, 6.07) is 0. The number of aliphatic hydroxyl groups is 1. The van der Waals surface area contributed by atoms with Gasteiger partial charge in [0.1, 0.15) is 5.82 Å². The summed E-state index contributed by atoms with van der Waals surface area (Å²) in [5.74, 6) is 1.46. The second kappa shape index (κ2) is 5.66. The molecule has 0 aromatic carbocycles. The Balaban J connectivity index is 2.37. The van der Waals surface area contributed by atoms with E-state index < -0.39 is 11.6 Å². The molecule has 0 aliphatic rings. The molecule has 2 rings (SSSR count). The summed E-state index contributed by atoms with van der Waals surface area (Å²) in [5.41, 5.74) is 0.267. The minimum absolute atomic E-state index is 0.483. The molecular formula is C14H23N5O. The zero-order chi connectivity index (χ0) is 14.8. The fourth-order valence-corrected chi connectivity index (χ4v) is 1.76. The van der Waals surface area contributed by atoms with E-state index in [1.165, 1.54) is 0 Å². The number of fused-ring (bicyclic) bond motifs is 1. The van der Waals surface area contributed by atoms with Gasteiger partial charge in [-0.25, -0.2) is 9.97 Å². The number of hydrogen-bond donors (Lipinski definition) is 3. The van der Waals surface area contributed by atoms with Crippen molar-refractivity contribution in [1.29, 1.82) is 0 Å². The third-order valence-electron chi connectivity index (χ3n) is 3.42. The van der Waals surface area contributed by atoms with Crippen molar-refractivity contribution in [2.45, 2.75) is 45.8 Å². The van der Waals surface area contributed by atoms with Crippen molar-refractivity contribution < 1.29 is 5.11 Å². The molecule has 0 radical (unpaired) electrons. The summed E-state index contributed by atoms with van der Waals surface area (Å²) in [6.07, 6.45) is 6.06. The van der Waals surface area contributed by atoms with E-state index in [4.69, 9.17) is 0 Å². The SMILES string of the molecule is CCCNc1cn2ccnc2c(NC(C)(C)C(C)O)n1. The third-order valence-corrected chi connectivity index (χ3v) is 3.42. The molecular weight excluding hydrogens is 254 g/mol. The van der Waals surface area contributed by atoms with Gasteiger partial charge in [0.05, 0.1) is 17.8 Å². The molecule has 1 atom stereocenters. The molecule has 1 unspecified atom stereocenters. The maximum absolute atomic E-state index is 9.84. The Morgan fingerprint density at radius 3 is 2.85 bits per heavy atom. The summed E-state index contributed by atoms with van der Waals surface area (Å²) in [5, 5.41) is 16.4. The lowest BCUT2D eigenvalue weighted by atomic mass is 9.99. The van der Waals surface area contributed by atoms with Crippen molar-refractivity contribution in [2.24, 2.45) is 0 Å². The van der Waals surface area contributed by atoms with E-state index in [2.05, 4.69) is 27.5 Å². The molecule has 6 nitrogen and oxygen atoms in total. The van der Waals surface area contributed by atoms with Crippen LogP contribution in [0.5, 0.6) is 0 Å². The van der Waals surface area contributed by atoms with E-state index in [0.29, 0.717) is 5.82 Å². The average molecular weight is 277 g/mol. The van der Waals surface area contributed by atoms with Crippen LogP contribution in [0.3, 0.4) is 0 Å². The first-order valence-corrected chi connectivity index (χ1v) is 6.98. The van der Waals surface area contributed by atoms with Gasteiger partial charge in [0.2, 0.25) is 0 Å². The van der Waals surface area contributed by atoms with E-state index in [1.54, 1.807) is 13.1 Å². The summed E-state index contributed by atoms with van der Waals surface area (Å²) < 4.78 is 1.92. The Labute approximate surface area is 119 Å². The van der Waals surface area contributed by atoms with Gasteiger partial charge in [-0.2, -0.15) is 0 Å². The molecule has 0 saturated heterocycles. The highest BCUT2D eigenvalue weighted by Gasteiger charge is 2.25. The molecule has 0 aliphatic heterocycles. The van der Waals surface area contributed by atoms with Crippen LogP contribution in [0.4, 0.5) is 11.6 Å². The predicted octanol–water partition coefficient (Wildman–Crippen LogP) is 2.12. The maximum atomic E-state index is 9.84. The summed E-state index contributed by atoms with van der Waals surface area (Å²) in [7, 11) is 0. The zero-order valence-electron chi connectivity index (χ0n) is 12.5. The van der Waals surface area contributed by atoms with Gasteiger partial charge in [-0.1, -0.05) is 6.92 Å². The predicted molar refractivity (Wildman–Crippen MR) is 81.2 cm³/mol. The second-order valence-corrected chi connectivity index (χ2v) is 5.58. The number of nitrogens with zero attached hydrogens (tertiary/aromatic N) is 3. The van der Waals surface area contributed by atoms with Crippen LogP contribution in [0.2, 0.25) is 0 Å². The van der Waals surface area contributed by atoms with Crippen molar-refractivity contribution in [2.75, 3.05) is 17.2 Å². The molecule has 6 heteroatoms. The maximum Gasteiger partial charge on any atom is 0.180 e. The number of anilines is 2. The summed E-state index contributed by atoms with van der Waals surface area (Å²) in [4.78, 5) is 8.87. The van der Waals surface area contributed by atoms with Crippen molar-refractivity contribution in [3.8, 4) is 0 Å². The summed E-state index contributed by atoms with van der Waals surface area (Å²) >= 11 is 0. The van der Waals surface area contributed by atoms with Crippen molar-refractivity contribution in [3.05, 3.63) is 18.6 Å². The summed E-state index contributed by atoms with van der Waals surface area (Å²) in [6.45, 7) is 8.61. The van der Waals surface area contributed by atoms with Crippen molar-refractivity contribution >= 4 is 17.3 Å². The first kappa shape index (κ1) is 14.6. The van der Waals surface area contributed by atoms with Gasteiger partial charge in [-0.3, -0.25) is 0 Å². The van der Waals surface area contributed by atoms with Crippen molar-refractivity contribution in [1.82, 2.24) is 14.4 Å². The van der Waals surface area contributed by atoms with Gasteiger partial charge < -0.3 is 20.1 Å². The fourth-order valence-electron chi connectivity index (χ4n) is 1.76. The van der Waals surface area contributed by atoms with Crippen LogP contribution in [0.15, 0.2) is 18.6 Å². The van der Waals surface area contributed by atoms with Gasteiger partial charge >= 0.3 is 0 Å². The number of rotatable bonds is 6. The van der Waals surface area contributed by atoms with E-state index in [-0.39, 0.29) is 0 Å². The molecule has 0 bridgehead atoms. The molecule has 3 N–H and O–H groups in total. The van der Waals surface area contributed by atoms with Crippen LogP contribution < -0.4 is 10.6 Å². The first-order chi connectivity index (χ1) is 9.44. The van der Waals surface area contributed by atoms with Crippen LogP contribution in [0, 0.1) is 0 Å². The smallest absolute Gasteiger partial charge is 0.180 e. The Morgan fingerprint density at radius 2 is 2.20 bits per heavy atom. The van der Waals surface area contributed by atoms with E-state index in [1.807, 2.05) is 30.6 Å². The second-order valence-electron chi connectivity index (χ2n) is 5.58. The number of nitrogens with one attached hydrogen (secondary N) is 2. The molecule has 2 aromatic heterocycles. The normalized spacial score (nSPS) is 13.4. The van der Waals surface area contributed by atoms with Crippen LogP contribution in [-0.4, -0.2) is 37.7 Å². The van der Waals surface area contributed by atoms with E-state index in [0.717, 1.165) is 24.4 Å². The number of hydrogen-bond acceptors (Lipinski definition) is 5. The van der Waals surface area contributed by atoms with Crippen LogP contribution in [0.1, 0.15) is 34.1 Å². The highest BCUT2D eigenvalue weighted by Crippen LogP contribution is 2.22. The lowest BCUT2D eigenvalue weighted by molar-refractivity contribution is 0.133. The van der Waals surface area contributed by atoms with Gasteiger partial charge in [0, 0.05) is 18.9 Å². The molecule has 0 aliphatic carbocycles. The number of imidazole rings is 1. The first-order valence-electron chi connectivity index (χ1n) is 6.98. The molecule has 20 heavy (non-hydrogen) atoms. The quantitative estimate of drug-likeness (QED) is 0.754. The third kappa shape index (κ3) is 3.01. The molecule has 2 aromatic rings. The number of aliphatic hydroxyl groups excluding tert-OH is 1. The minimum atomic E-state index is -0.508. The molecule has 0 amide bonds. The van der Waals surface area contributed by atoms with Crippen LogP contribution >= 0.6 is 0 Å². The average Bonchev–Trinajstić information content (AvgIpc) is 2.84. The van der Waals surface area contributed by atoms with E-state index in [9.17, 15) is 5.11 Å². The van der Waals surface area contributed by atoms with E-state index >= 15 is 0 Å². The zero-order valence-corrected chi connectivity index (χ0v) is 12.5. The number of aromatic nitrogens is 3. The van der Waals surface area contributed by atoms with Gasteiger partial charge in [0.25, 0.3) is 0 Å². The Kier molecular flexibility index (Phi) is 4.13. The van der Waals surface area contributed by atoms with Gasteiger partial charge in [-0.15, -0.1) is 0 Å². The molecule has 0 saturated carbocycles.